The maximum absolute atomic E-state index is 11.8. The predicted molar refractivity (Wildman–Crippen MR) is 73.6 cm³/mol. The number of benzene rings is 1. The molecule has 4 nitrogen and oxygen atoms in total. The molecule has 19 heavy (non-hydrogen) atoms. The maximum Gasteiger partial charge on any atom is 0.224 e. The Balaban J connectivity index is 1.75. The summed E-state index contributed by atoms with van der Waals surface area (Å²) >= 11 is 0. The quantitative estimate of drug-likeness (QED) is 0.860. The van der Waals surface area contributed by atoms with Crippen molar-refractivity contribution >= 4 is 11.8 Å². The molecule has 1 atom stereocenters. The van der Waals surface area contributed by atoms with Crippen LogP contribution in [0.3, 0.4) is 0 Å². The van der Waals surface area contributed by atoms with Gasteiger partial charge < -0.3 is 10.6 Å². The molecular formula is C15H20N2O2. The van der Waals surface area contributed by atoms with Gasteiger partial charge in [-0.1, -0.05) is 36.8 Å². The lowest BCUT2D eigenvalue weighted by atomic mass is 10.1. The topological polar surface area (TPSA) is 58.2 Å². The lowest BCUT2D eigenvalue weighted by Gasteiger charge is -2.16. The molecule has 0 bridgehead atoms. The summed E-state index contributed by atoms with van der Waals surface area (Å²) in [4.78, 5) is 23.2. The number of rotatable bonds is 4. The first-order chi connectivity index (χ1) is 9.24. The molecule has 0 spiro atoms. The van der Waals surface area contributed by atoms with Gasteiger partial charge in [0, 0.05) is 19.0 Å². The number of hydrogen-bond donors (Lipinski definition) is 2. The van der Waals surface area contributed by atoms with Crippen LogP contribution in [0.2, 0.25) is 0 Å². The van der Waals surface area contributed by atoms with E-state index in [-0.39, 0.29) is 17.9 Å². The molecule has 1 aliphatic rings. The lowest BCUT2D eigenvalue weighted by molar-refractivity contribution is -0.123. The summed E-state index contributed by atoms with van der Waals surface area (Å²) in [6.07, 6.45) is 3.92. The SMILES string of the molecule is O=C(Cc1ccccc1)NCC1CCCCC(=O)N1. The van der Waals surface area contributed by atoms with Crippen molar-refractivity contribution in [1.29, 1.82) is 0 Å². The zero-order valence-electron chi connectivity index (χ0n) is 11.0. The van der Waals surface area contributed by atoms with Crippen LogP contribution in [-0.4, -0.2) is 24.4 Å². The molecular weight excluding hydrogens is 240 g/mol. The highest BCUT2D eigenvalue weighted by Gasteiger charge is 2.16. The summed E-state index contributed by atoms with van der Waals surface area (Å²) in [5, 5.41) is 5.84. The van der Waals surface area contributed by atoms with Crippen LogP contribution in [0.25, 0.3) is 0 Å². The molecule has 1 aromatic rings. The number of carbonyl (C=O) groups excluding carboxylic acids is 2. The Bertz CT molecular complexity index is 431. The van der Waals surface area contributed by atoms with E-state index in [9.17, 15) is 9.59 Å². The fraction of sp³-hybridized carbons (Fsp3) is 0.467. The van der Waals surface area contributed by atoms with E-state index in [0.717, 1.165) is 24.8 Å². The van der Waals surface area contributed by atoms with E-state index in [1.54, 1.807) is 0 Å². The molecule has 4 heteroatoms. The van der Waals surface area contributed by atoms with E-state index in [4.69, 9.17) is 0 Å². The first kappa shape index (κ1) is 13.6. The molecule has 2 amide bonds. The van der Waals surface area contributed by atoms with Crippen LogP contribution < -0.4 is 10.6 Å². The largest absolute Gasteiger partial charge is 0.354 e. The van der Waals surface area contributed by atoms with E-state index in [1.165, 1.54) is 0 Å². The van der Waals surface area contributed by atoms with Gasteiger partial charge in [0.2, 0.25) is 11.8 Å². The summed E-state index contributed by atoms with van der Waals surface area (Å²) in [6.45, 7) is 0.525. The van der Waals surface area contributed by atoms with E-state index in [1.807, 2.05) is 30.3 Å². The smallest absolute Gasteiger partial charge is 0.224 e. The second-order valence-electron chi connectivity index (χ2n) is 4.98. The molecule has 1 aliphatic heterocycles. The van der Waals surface area contributed by atoms with Gasteiger partial charge in [-0.15, -0.1) is 0 Å². The average Bonchev–Trinajstić information content (AvgIpc) is 2.62. The second-order valence-corrected chi connectivity index (χ2v) is 4.98. The van der Waals surface area contributed by atoms with Crippen LogP contribution in [0.4, 0.5) is 0 Å². The molecule has 0 radical (unpaired) electrons. The highest BCUT2D eigenvalue weighted by molar-refractivity contribution is 5.79. The summed E-state index contributed by atoms with van der Waals surface area (Å²) < 4.78 is 0. The Morgan fingerprint density at radius 2 is 2.05 bits per heavy atom. The average molecular weight is 260 g/mol. The van der Waals surface area contributed by atoms with Crippen molar-refractivity contribution < 1.29 is 9.59 Å². The van der Waals surface area contributed by atoms with Gasteiger partial charge >= 0.3 is 0 Å². The number of hydrogen-bond acceptors (Lipinski definition) is 2. The molecule has 1 unspecified atom stereocenters. The normalized spacial score (nSPS) is 19.4. The Kier molecular flexibility index (Phi) is 4.95. The molecule has 1 aromatic carbocycles. The van der Waals surface area contributed by atoms with Crippen LogP contribution in [0.5, 0.6) is 0 Å². The monoisotopic (exact) mass is 260 g/mol. The van der Waals surface area contributed by atoms with Gasteiger partial charge in [0.05, 0.1) is 6.42 Å². The number of carbonyl (C=O) groups is 2. The van der Waals surface area contributed by atoms with E-state index in [0.29, 0.717) is 19.4 Å². The van der Waals surface area contributed by atoms with Crippen LogP contribution in [0, 0.1) is 0 Å². The third-order valence-corrected chi connectivity index (χ3v) is 3.32. The van der Waals surface area contributed by atoms with Crippen molar-refractivity contribution in [3.05, 3.63) is 35.9 Å². The minimum atomic E-state index is 0.00435. The molecule has 1 saturated heterocycles. The van der Waals surface area contributed by atoms with Crippen molar-refractivity contribution in [3.63, 3.8) is 0 Å². The van der Waals surface area contributed by atoms with Gasteiger partial charge in [0.1, 0.15) is 0 Å². The maximum atomic E-state index is 11.8. The zero-order valence-corrected chi connectivity index (χ0v) is 11.0. The Morgan fingerprint density at radius 1 is 1.26 bits per heavy atom. The summed E-state index contributed by atoms with van der Waals surface area (Å²) in [6, 6.07) is 9.74. The van der Waals surface area contributed by atoms with Crippen molar-refractivity contribution in [2.75, 3.05) is 6.54 Å². The molecule has 2 rings (SSSR count). The third-order valence-electron chi connectivity index (χ3n) is 3.32. The van der Waals surface area contributed by atoms with Gasteiger partial charge in [0.15, 0.2) is 0 Å². The molecule has 2 N–H and O–H groups in total. The van der Waals surface area contributed by atoms with Crippen LogP contribution in [0.1, 0.15) is 31.2 Å². The van der Waals surface area contributed by atoms with E-state index < -0.39 is 0 Å². The Morgan fingerprint density at radius 3 is 2.84 bits per heavy atom. The van der Waals surface area contributed by atoms with Crippen LogP contribution >= 0.6 is 0 Å². The van der Waals surface area contributed by atoms with Gasteiger partial charge in [0.25, 0.3) is 0 Å². The van der Waals surface area contributed by atoms with Crippen LogP contribution in [0.15, 0.2) is 30.3 Å². The van der Waals surface area contributed by atoms with Crippen molar-refractivity contribution in [3.8, 4) is 0 Å². The lowest BCUT2D eigenvalue weighted by Crippen LogP contribution is -2.42. The first-order valence-corrected chi connectivity index (χ1v) is 6.84. The predicted octanol–water partition coefficient (Wildman–Crippen LogP) is 1.40. The fourth-order valence-electron chi connectivity index (χ4n) is 2.28. The number of nitrogens with one attached hydrogen (secondary N) is 2. The molecule has 0 saturated carbocycles. The summed E-state index contributed by atoms with van der Waals surface area (Å²) in [7, 11) is 0. The summed E-state index contributed by atoms with van der Waals surface area (Å²) in [5.41, 5.74) is 1.00. The Hall–Kier alpha value is -1.84. The highest BCUT2D eigenvalue weighted by Crippen LogP contribution is 2.08. The molecule has 1 fully saturated rings. The van der Waals surface area contributed by atoms with Gasteiger partial charge in [-0.05, 0) is 18.4 Å². The van der Waals surface area contributed by atoms with E-state index in [2.05, 4.69) is 10.6 Å². The standard InChI is InChI=1S/C15H20N2O2/c18-14-9-5-4-8-13(17-14)11-16-15(19)10-12-6-2-1-3-7-12/h1-3,6-7,13H,4-5,8-11H2,(H,16,19)(H,17,18). The molecule has 0 aromatic heterocycles. The van der Waals surface area contributed by atoms with Crippen molar-refractivity contribution in [2.45, 2.75) is 38.1 Å². The van der Waals surface area contributed by atoms with Gasteiger partial charge in [-0.3, -0.25) is 9.59 Å². The third kappa shape index (κ3) is 4.73. The minimum Gasteiger partial charge on any atom is -0.354 e. The van der Waals surface area contributed by atoms with Crippen LogP contribution in [-0.2, 0) is 16.0 Å². The van der Waals surface area contributed by atoms with Crippen molar-refractivity contribution in [2.24, 2.45) is 0 Å². The van der Waals surface area contributed by atoms with Gasteiger partial charge in [-0.2, -0.15) is 0 Å². The molecule has 0 aliphatic carbocycles. The fourth-order valence-corrected chi connectivity index (χ4v) is 2.28. The van der Waals surface area contributed by atoms with E-state index >= 15 is 0 Å². The van der Waals surface area contributed by atoms with Crippen molar-refractivity contribution in [1.82, 2.24) is 10.6 Å². The second kappa shape index (κ2) is 6.92. The first-order valence-electron chi connectivity index (χ1n) is 6.84. The summed E-state index contributed by atoms with van der Waals surface area (Å²) in [5.74, 6) is 0.101. The molecule has 102 valence electrons. The van der Waals surface area contributed by atoms with Gasteiger partial charge in [-0.25, -0.2) is 0 Å². The minimum absolute atomic E-state index is 0.00435. The highest BCUT2D eigenvalue weighted by atomic mass is 16.2. The number of amides is 2. The Labute approximate surface area is 113 Å². The molecule has 1 heterocycles. The zero-order chi connectivity index (χ0) is 13.5.